The summed E-state index contributed by atoms with van der Waals surface area (Å²) in [6.45, 7) is 10.9. The number of ether oxygens (including phenoxy) is 1. The molecule has 4 heterocycles. The summed E-state index contributed by atoms with van der Waals surface area (Å²) in [5, 5.41) is 0. The van der Waals surface area contributed by atoms with Gasteiger partial charge < -0.3 is 19.4 Å². The Hall–Kier alpha value is -2.48. The van der Waals surface area contributed by atoms with Crippen LogP contribution in [0.3, 0.4) is 0 Å². The maximum absolute atomic E-state index is 5.45. The monoisotopic (exact) mass is 369 g/mol. The summed E-state index contributed by atoms with van der Waals surface area (Å²) in [7, 11) is 0. The number of nitrogens with zero attached hydrogens (tertiary/aromatic N) is 7. The minimum Gasteiger partial charge on any atom is -0.378 e. The predicted octanol–water partition coefficient (Wildman–Crippen LogP) is 1.30. The van der Waals surface area contributed by atoms with Crippen molar-refractivity contribution in [2.45, 2.75) is 20.3 Å². The van der Waals surface area contributed by atoms with E-state index in [2.05, 4.69) is 42.6 Å². The van der Waals surface area contributed by atoms with Crippen molar-refractivity contribution < 1.29 is 4.74 Å². The summed E-state index contributed by atoms with van der Waals surface area (Å²) in [4.78, 5) is 25.3. The van der Waals surface area contributed by atoms with Crippen LogP contribution in [0, 0.1) is 6.92 Å². The molecule has 8 nitrogen and oxygen atoms in total. The third kappa shape index (κ3) is 4.10. The van der Waals surface area contributed by atoms with Crippen LogP contribution >= 0.6 is 0 Å². The fourth-order valence-corrected chi connectivity index (χ4v) is 3.43. The van der Waals surface area contributed by atoms with E-state index in [0.29, 0.717) is 0 Å². The van der Waals surface area contributed by atoms with E-state index in [4.69, 9.17) is 9.72 Å². The first-order chi connectivity index (χ1) is 13.2. The Balaban J connectivity index is 1.43. The molecule has 0 bridgehead atoms. The molecule has 0 amide bonds. The summed E-state index contributed by atoms with van der Waals surface area (Å²) in [5.74, 6) is 2.63. The van der Waals surface area contributed by atoms with Gasteiger partial charge in [-0.3, -0.25) is 0 Å². The zero-order chi connectivity index (χ0) is 18.6. The highest BCUT2D eigenvalue weighted by atomic mass is 16.5. The highest BCUT2D eigenvalue weighted by Crippen LogP contribution is 2.20. The lowest BCUT2D eigenvalue weighted by Gasteiger charge is -2.35. The van der Waals surface area contributed by atoms with Crippen molar-refractivity contribution >= 4 is 17.7 Å². The molecule has 0 aliphatic carbocycles. The fraction of sp³-hybridized carbons (Fsp3) is 0.579. The molecule has 2 saturated heterocycles. The standard InChI is InChI=1S/C19H27N7O/c1-3-16-13-20-18(21-14-16)25-4-6-26(7-5-25)19-22-15(2)12-17(23-19)24-8-10-27-11-9-24/h12-14H,3-11H2,1-2H3. The van der Waals surface area contributed by atoms with Gasteiger partial charge in [-0.15, -0.1) is 0 Å². The van der Waals surface area contributed by atoms with E-state index >= 15 is 0 Å². The van der Waals surface area contributed by atoms with Crippen LogP contribution in [0.25, 0.3) is 0 Å². The van der Waals surface area contributed by atoms with E-state index in [-0.39, 0.29) is 0 Å². The van der Waals surface area contributed by atoms with Crippen molar-refractivity contribution in [1.82, 2.24) is 19.9 Å². The highest BCUT2D eigenvalue weighted by Gasteiger charge is 2.22. The number of rotatable bonds is 4. The lowest BCUT2D eigenvalue weighted by atomic mass is 10.3. The number of anilines is 3. The topological polar surface area (TPSA) is 70.5 Å². The molecule has 4 rings (SSSR count). The summed E-state index contributed by atoms with van der Waals surface area (Å²) in [5.41, 5.74) is 2.17. The molecule has 0 N–H and O–H groups in total. The zero-order valence-electron chi connectivity index (χ0n) is 16.1. The van der Waals surface area contributed by atoms with E-state index in [0.717, 1.165) is 82.3 Å². The molecule has 0 spiro atoms. The van der Waals surface area contributed by atoms with Gasteiger partial charge >= 0.3 is 0 Å². The molecule has 0 unspecified atom stereocenters. The average molecular weight is 369 g/mol. The zero-order valence-corrected chi connectivity index (χ0v) is 16.1. The second kappa shape index (κ2) is 8.04. The Morgan fingerprint density at radius 3 is 2.11 bits per heavy atom. The third-order valence-corrected chi connectivity index (χ3v) is 5.11. The van der Waals surface area contributed by atoms with Crippen LogP contribution in [0.4, 0.5) is 17.7 Å². The van der Waals surface area contributed by atoms with Gasteiger partial charge in [-0.1, -0.05) is 6.92 Å². The van der Waals surface area contributed by atoms with Gasteiger partial charge in [0.05, 0.1) is 13.2 Å². The van der Waals surface area contributed by atoms with Gasteiger partial charge in [0.25, 0.3) is 0 Å². The Labute approximate surface area is 160 Å². The van der Waals surface area contributed by atoms with Gasteiger partial charge in [-0.25, -0.2) is 15.0 Å². The molecular weight excluding hydrogens is 342 g/mol. The third-order valence-electron chi connectivity index (χ3n) is 5.11. The molecule has 8 heteroatoms. The van der Waals surface area contributed by atoms with Crippen LogP contribution < -0.4 is 14.7 Å². The lowest BCUT2D eigenvalue weighted by Crippen LogP contribution is -2.48. The smallest absolute Gasteiger partial charge is 0.227 e. The lowest BCUT2D eigenvalue weighted by molar-refractivity contribution is 0.122. The van der Waals surface area contributed by atoms with E-state index in [1.807, 2.05) is 19.3 Å². The van der Waals surface area contributed by atoms with Crippen molar-refractivity contribution in [3.05, 3.63) is 29.7 Å². The van der Waals surface area contributed by atoms with Crippen molar-refractivity contribution in [2.75, 3.05) is 67.2 Å². The average Bonchev–Trinajstić information content (AvgIpc) is 2.74. The maximum atomic E-state index is 5.45. The first-order valence-corrected chi connectivity index (χ1v) is 9.72. The van der Waals surface area contributed by atoms with Crippen LogP contribution in [0.1, 0.15) is 18.2 Å². The highest BCUT2D eigenvalue weighted by molar-refractivity contribution is 5.47. The minimum atomic E-state index is 0.758. The Kier molecular flexibility index (Phi) is 5.33. The number of aryl methyl sites for hydroxylation is 2. The predicted molar refractivity (Wildman–Crippen MR) is 106 cm³/mol. The molecular formula is C19H27N7O. The number of morpholine rings is 1. The second-order valence-corrected chi connectivity index (χ2v) is 6.99. The molecule has 0 saturated carbocycles. The first-order valence-electron chi connectivity index (χ1n) is 9.72. The number of hydrogen-bond acceptors (Lipinski definition) is 8. The molecule has 0 aromatic carbocycles. The van der Waals surface area contributed by atoms with Gasteiger partial charge in [0, 0.05) is 63.4 Å². The van der Waals surface area contributed by atoms with E-state index in [1.165, 1.54) is 5.56 Å². The molecule has 2 fully saturated rings. The molecule has 2 aromatic rings. The van der Waals surface area contributed by atoms with Crippen molar-refractivity contribution in [1.29, 1.82) is 0 Å². The summed E-state index contributed by atoms with van der Waals surface area (Å²) in [6.07, 6.45) is 4.81. The van der Waals surface area contributed by atoms with Gasteiger partial charge in [0.15, 0.2) is 0 Å². The number of piperazine rings is 1. The normalized spacial score (nSPS) is 18.1. The fourth-order valence-electron chi connectivity index (χ4n) is 3.43. The molecule has 2 aliphatic rings. The van der Waals surface area contributed by atoms with Crippen molar-refractivity contribution in [2.24, 2.45) is 0 Å². The number of hydrogen-bond donors (Lipinski definition) is 0. The van der Waals surface area contributed by atoms with Crippen LogP contribution in [-0.2, 0) is 11.2 Å². The largest absolute Gasteiger partial charge is 0.378 e. The van der Waals surface area contributed by atoms with Gasteiger partial charge in [-0.2, -0.15) is 4.98 Å². The van der Waals surface area contributed by atoms with E-state index in [9.17, 15) is 0 Å². The molecule has 144 valence electrons. The molecule has 27 heavy (non-hydrogen) atoms. The van der Waals surface area contributed by atoms with Gasteiger partial charge in [-0.05, 0) is 18.9 Å². The van der Waals surface area contributed by atoms with Gasteiger partial charge in [0.1, 0.15) is 5.82 Å². The van der Waals surface area contributed by atoms with Crippen molar-refractivity contribution in [3.63, 3.8) is 0 Å². The summed E-state index contributed by atoms with van der Waals surface area (Å²) < 4.78 is 5.45. The molecule has 0 atom stereocenters. The quantitative estimate of drug-likeness (QED) is 0.799. The van der Waals surface area contributed by atoms with E-state index < -0.39 is 0 Å². The van der Waals surface area contributed by atoms with Crippen LogP contribution in [0.5, 0.6) is 0 Å². The Morgan fingerprint density at radius 2 is 1.48 bits per heavy atom. The number of aromatic nitrogens is 4. The first kappa shape index (κ1) is 17.9. The van der Waals surface area contributed by atoms with Crippen LogP contribution in [0.2, 0.25) is 0 Å². The van der Waals surface area contributed by atoms with Crippen LogP contribution in [-0.4, -0.2) is 72.4 Å². The second-order valence-electron chi connectivity index (χ2n) is 6.99. The molecule has 0 radical (unpaired) electrons. The SMILES string of the molecule is CCc1cnc(N2CCN(c3nc(C)cc(N4CCOCC4)n3)CC2)nc1. The summed E-state index contributed by atoms with van der Waals surface area (Å²) in [6, 6.07) is 2.06. The van der Waals surface area contributed by atoms with Gasteiger partial charge in [0.2, 0.25) is 11.9 Å². The summed E-state index contributed by atoms with van der Waals surface area (Å²) >= 11 is 0. The van der Waals surface area contributed by atoms with E-state index in [1.54, 1.807) is 0 Å². The molecule has 2 aromatic heterocycles. The Morgan fingerprint density at radius 1 is 0.852 bits per heavy atom. The maximum Gasteiger partial charge on any atom is 0.227 e. The van der Waals surface area contributed by atoms with Crippen LogP contribution in [0.15, 0.2) is 18.5 Å². The minimum absolute atomic E-state index is 0.758. The molecule has 2 aliphatic heterocycles. The Bertz CT molecular complexity index is 753. The van der Waals surface area contributed by atoms with Crippen molar-refractivity contribution in [3.8, 4) is 0 Å².